The minimum atomic E-state index is -0.593. The number of nitrogens with one attached hydrogen (secondary N) is 2. The molecule has 0 aliphatic carbocycles. The number of para-hydroxylation sites is 2. The summed E-state index contributed by atoms with van der Waals surface area (Å²) in [5.74, 6) is 1.95. The summed E-state index contributed by atoms with van der Waals surface area (Å²) < 4.78 is 21.4. The van der Waals surface area contributed by atoms with E-state index in [4.69, 9.17) is 14.2 Å². The zero-order valence-electron chi connectivity index (χ0n) is 22.8. The smallest absolute Gasteiger partial charge is 0.255 e. The zero-order chi connectivity index (χ0) is 28.9. The van der Waals surface area contributed by atoms with Crippen molar-refractivity contribution >= 4 is 49.4 Å². The van der Waals surface area contributed by atoms with Crippen molar-refractivity contribution in [1.82, 2.24) is 14.8 Å². The number of anilines is 2. The molecule has 1 aliphatic rings. The van der Waals surface area contributed by atoms with Gasteiger partial charge in [-0.2, -0.15) is 10.1 Å². The Morgan fingerprint density at radius 2 is 1.73 bits per heavy atom. The van der Waals surface area contributed by atoms with Crippen molar-refractivity contribution < 1.29 is 19.0 Å². The number of carbonyl (C=O) groups excluding carboxylic acids is 1. The number of carbonyl (C=O) groups is 1. The molecule has 4 aromatic rings. The highest BCUT2D eigenvalue weighted by Crippen LogP contribution is 2.43. The molecule has 5 rings (SSSR count). The van der Waals surface area contributed by atoms with Crippen LogP contribution in [0.3, 0.4) is 0 Å². The van der Waals surface area contributed by atoms with Gasteiger partial charge >= 0.3 is 0 Å². The molecule has 1 aromatic heterocycles. The fourth-order valence-corrected chi connectivity index (χ4v) is 5.46. The van der Waals surface area contributed by atoms with Gasteiger partial charge in [-0.15, -0.1) is 0 Å². The monoisotopic (exact) mass is 681 g/mol. The number of hydrogen-bond acceptors (Lipinski definition) is 7. The number of aromatic nitrogens is 3. The van der Waals surface area contributed by atoms with Gasteiger partial charge in [-0.25, -0.2) is 4.68 Å². The Labute approximate surface area is 255 Å². The van der Waals surface area contributed by atoms with E-state index in [-0.39, 0.29) is 5.91 Å². The Hall–Kier alpha value is -3.83. The van der Waals surface area contributed by atoms with Crippen LogP contribution in [0.5, 0.6) is 17.2 Å². The maximum absolute atomic E-state index is 13.9. The lowest BCUT2D eigenvalue weighted by Crippen LogP contribution is -2.31. The van der Waals surface area contributed by atoms with Crippen LogP contribution >= 0.6 is 31.9 Å². The predicted octanol–water partition coefficient (Wildman–Crippen LogP) is 7.11. The summed E-state index contributed by atoms with van der Waals surface area (Å²) in [5.41, 5.74) is 3.50. The second kappa shape index (κ2) is 12.8. The van der Waals surface area contributed by atoms with E-state index in [0.29, 0.717) is 64.4 Å². The molecule has 1 aliphatic heterocycles. The van der Waals surface area contributed by atoms with E-state index in [1.165, 1.54) is 6.33 Å². The third-order valence-corrected chi connectivity index (χ3v) is 7.54. The van der Waals surface area contributed by atoms with Gasteiger partial charge in [0.2, 0.25) is 5.95 Å². The van der Waals surface area contributed by atoms with Crippen LogP contribution < -0.4 is 24.8 Å². The lowest BCUT2D eigenvalue weighted by Gasteiger charge is -2.29. The minimum Gasteiger partial charge on any atom is -0.492 e. The van der Waals surface area contributed by atoms with E-state index in [0.717, 1.165) is 15.6 Å². The molecule has 1 unspecified atom stereocenters. The van der Waals surface area contributed by atoms with E-state index >= 15 is 0 Å². The molecule has 41 heavy (non-hydrogen) atoms. The molecule has 0 saturated heterocycles. The van der Waals surface area contributed by atoms with Crippen molar-refractivity contribution in [2.24, 2.45) is 0 Å². The summed E-state index contributed by atoms with van der Waals surface area (Å²) in [6.07, 6.45) is 1.46. The van der Waals surface area contributed by atoms with Crippen molar-refractivity contribution in [3.05, 3.63) is 98.3 Å². The Bertz CT molecular complexity index is 1590. The molecule has 2 heterocycles. The lowest BCUT2D eigenvalue weighted by atomic mass is 9.94. The number of allylic oxidation sites excluding steroid dienone is 1. The van der Waals surface area contributed by atoms with Gasteiger partial charge in [-0.3, -0.25) is 4.79 Å². The number of halogens is 2. The molecule has 0 radical (unpaired) electrons. The van der Waals surface area contributed by atoms with Crippen LogP contribution in [0.2, 0.25) is 0 Å². The fourth-order valence-electron chi connectivity index (χ4n) is 4.62. The number of hydrogen-bond donors (Lipinski definition) is 2. The Morgan fingerprint density at radius 3 is 2.49 bits per heavy atom. The molecular weight excluding hydrogens is 654 g/mol. The Kier molecular flexibility index (Phi) is 8.94. The lowest BCUT2D eigenvalue weighted by molar-refractivity contribution is -0.113. The van der Waals surface area contributed by atoms with Gasteiger partial charge < -0.3 is 24.8 Å². The highest BCUT2D eigenvalue weighted by molar-refractivity contribution is 9.10. The maximum atomic E-state index is 13.9. The molecule has 1 atom stereocenters. The molecule has 0 spiro atoms. The highest BCUT2D eigenvalue weighted by Gasteiger charge is 2.35. The number of nitrogens with zero attached hydrogens (tertiary/aromatic N) is 3. The standard InChI is InChI=1S/C30H29Br2N5O4/c1-4-39-24-9-7-6-8-23(24)36-29(38)26-18(3)35-30-33-17-34-37(30)27(26)20-14-22(32)28(25(15-20)40-5-2)41-16-19-10-12-21(31)13-11-19/h6-15,17,27H,4-5,16H2,1-3H3,(H,36,38)(H,33,34,35). The summed E-state index contributed by atoms with van der Waals surface area (Å²) >= 11 is 7.16. The second-order valence-corrected chi connectivity index (χ2v) is 10.9. The Morgan fingerprint density at radius 1 is 1.00 bits per heavy atom. The minimum absolute atomic E-state index is 0.294. The van der Waals surface area contributed by atoms with Crippen LogP contribution in [0.15, 0.2) is 87.2 Å². The highest BCUT2D eigenvalue weighted by atomic mass is 79.9. The maximum Gasteiger partial charge on any atom is 0.255 e. The molecule has 0 saturated carbocycles. The van der Waals surface area contributed by atoms with Crippen LogP contribution in [-0.2, 0) is 11.4 Å². The van der Waals surface area contributed by atoms with E-state index < -0.39 is 6.04 Å². The summed E-state index contributed by atoms with van der Waals surface area (Å²) in [6.45, 7) is 6.93. The van der Waals surface area contributed by atoms with Gasteiger partial charge in [0.15, 0.2) is 11.5 Å². The SMILES string of the molecule is CCOc1ccccc1NC(=O)C1=C(C)Nc2ncnn2C1c1cc(Br)c(OCc2ccc(Br)cc2)c(OCC)c1. The topological polar surface area (TPSA) is 99.5 Å². The van der Waals surface area contributed by atoms with Crippen molar-refractivity contribution in [2.45, 2.75) is 33.4 Å². The molecular formula is C30H29Br2N5O4. The first kappa shape index (κ1) is 28.7. The van der Waals surface area contributed by atoms with Crippen molar-refractivity contribution in [2.75, 3.05) is 23.8 Å². The van der Waals surface area contributed by atoms with Crippen LogP contribution in [0.4, 0.5) is 11.6 Å². The average molecular weight is 683 g/mol. The van der Waals surface area contributed by atoms with E-state index in [1.54, 1.807) is 4.68 Å². The quantitative estimate of drug-likeness (QED) is 0.184. The first-order chi connectivity index (χ1) is 19.9. The molecule has 212 valence electrons. The van der Waals surface area contributed by atoms with Gasteiger partial charge in [0, 0.05) is 10.2 Å². The summed E-state index contributed by atoms with van der Waals surface area (Å²) in [5, 5.41) is 10.7. The van der Waals surface area contributed by atoms with E-state index in [9.17, 15) is 4.79 Å². The second-order valence-electron chi connectivity index (χ2n) is 9.16. The fraction of sp³-hybridized carbons (Fsp3) is 0.233. The molecule has 0 bridgehead atoms. The largest absolute Gasteiger partial charge is 0.492 e. The first-order valence-corrected chi connectivity index (χ1v) is 14.7. The van der Waals surface area contributed by atoms with Crippen LogP contribution in [0, 0.1) is 0 Å². The van der Waals surface area contributed by atoms with E-state index in [2.05, 4.69) is 52.6 Å². The van der Waals surface area contributed by atoms with Gasteiger partial charge in [0.1, 0.15) is 24.7 Å². The first-order valence-electron chi connectivity index (χ1n) is 13.1. The Balaban J connectivity index is 1.52. The zero-order valence-corrected chi connectivity index (χ0v) is 26.0. The molecule has 3 aromatic carbocycles. The number of fused-ring (bicyclic) bond motifs is 1. The summed E-state index contributed by atoms with van der Waals surface area (Å²) in [4.78, 5) is 18.2. The van der Waals surface area contributed by atoms with Gasteiger partial charge in [0.05, 0.1) is 28.9 Å². The predicted molar refractivity (Wildman–Crippen MR) is 165 cm³/mol. The normalized spacial score (nSPS) is 14.2. The molecule has 2 N–H and O–H groups in total. The third kappa shape index (κ3) is 6.25. The average Bonchev–Trinajstić information content (AvgIpc) is 3.42. The summed E-state index contributed by atoms with van der Waals surface area (Å²) in [7, 11) is 0. The molecule has 0 fully saturated rings. The number of benzene rings is 3. The van der Waals surface area contributed by atoms with Crippen molar-refractivity contribution in [1.29, 1.82) is 0 Å². The van der Waals surface area contributed by atoms with Crippen LogP contribution in [0.1, 0.15) is 37.9 Å². The summed E-state index contributed by atoms with van der Waals surface area (Å²) in [6, 6.07) is 18.5. The van der Waals surface area contributed by atoms with Crippen molar-refractivity contribution in [3.63, 3.8) is 0 Å². The molecule has 9 nitrogen and oxygen atoms in total. The van der Waals surface area contributed by atoms with Crippen LogP contribution in [0.25, 0.3) is 0 Å². The van der Waals surface area contributed by atoms with Crippen molar-refractivity contribution in [3.8, 4) is 17.2 Å². The molecule has 1 amide bonds. The van der Waals surface area contributed by atoms with E-state index in [1.807, 2.05) is 81.4 Å². The number of ether oxygens (including phenoxy) is 3. The van der Waals surface area contributed by atoms with Crippen LogP contribution in [-0.4, -0.2) is 33.9 Å². The van der Waals surface area contributed by atoms with Gasteiger partial charge in [-0.1, -0.05) is 40.2 Å². The number of rotatable bonds is 10. The molecule has 11 heteroatoms. The third-order valence-electron chi connectivity index (χ3n) is 6.42. The van der Waals surface area contributed by atoms with Gasteiger partial charge in [-0.05, 0) is 84.2 Å². The van der Waals surface area contributed by atoms with Gasteiger partial charge in [0.25, 0.3) is 5.91 Å². The number of amides is 1.